The topological polar surface area (TPSA) is 90.0 Å². The highest BCUT2D eigenvalue weighted by Gasteiger charge is 2.34. The van der Waals surface area contributed by atoms with E-state index >= 15 is 0 Å². The van der Waals surface area contributed by atoms with E-state index in [1.54, 1.807) is 6.08 Å². The highest BCUT2D eigenvalue weighted by molar-refractivity contribution is 7.91. The van der Waals surface area contributed by atoms with Crippen molar-refractivity contribution in [1.82, 2.24) is 4.90 Å². The zero-order chi connectivity index (χ0) is 19.4. The summed E-state index contributed by atoms with van der Waals surface area (Å²) in [5, 5.41) is 0. The first-order chi connectivity index (χ1) is 12.9. The molecule has 1 aromatic carbocycles. The number of carbonyl (C=O) groups is 2. The maximum atomic E-state index is 12.5. The first-order valence-corrected chi connectivity index (χ1v) is 10.8. The Hall–Kier alpha value is -2.35. The molecule has 0 unspecified atom stereocenters. The number of amides is 1. The van der Waals surface area contributed by atoms with Crippen molar-refractivity contribution in [2.75, 3.05) is 31.3 Å². The summed E-state index contributed by atoms with van der Waals surface area (Å²) in [4.78, 5) is 26.3. The largest absolute Gasteiger partial charge is 0.488 e. The molecule has 1 aromatic rings. The number of fused-ring (bicyclic) bond motifs is 1. The lowest BCUT2D eigenvalue weighted by molar-refractivity contribution is -0.150. The predicted octanol–water partition coefficient (Wildman–Crippen LogP) is 1.43. The average molecular weight is 393 g/mol. The van der Waals surface area contributed by atoms with E-state index in [1.165, 1.54) is 4.90 Å². The quantitative estimate of drug-likeness (QED) is 0.679. The van der Waals surface area contributed by atoms with Crippen molar-refractivity contribution in [1.29, 1.82) is 0 Å². The number of hydrogen-bond acceptors (Lipinski definition) is 6. The fraction of sp³-hybridized carbons (Fsp3) is 0.474. The molecule has 0 aromatic heterocycles. The molecular formula is C19H23NO6S. The fourth-order valence-electron chi connectivity index (χ4n) is 3.31. The van der Waals surface area contributed by atoms with E-state index in [-0.39, 0.29) is 30.1 Å². The van der Waals surface area contributed by atoms with Crippen LogP contribution >= 0.6 is 0 Å². The Balaban J connectivity index is 1.60. The molecule has 1 saturated heterocycles. The smallest absolute Gasteiger partial charge is 0.338 e. The maximum absolute atomic E-state index is 12.5. The second-order valence-corrected chi connectivity index (χ2v) is 8.94. The highest BCUT2D eigenvalue weighted by atomic mass is 32.2. The van der Waals surface area contributed by atoms with E-state index in [2.05, 4.69) is 0 Å². The number of hydrogen-bond donors (Lipinski definition) is 0. The number of para-hydroxylation sites is 1. The summed E-state index contributed by atoms with van der Waals surface area (Å²) in [7, 11) is -3.10. The molecule has 7 nitrogen and oxygen atoms in total. The molecule has 1 fully saturated rings. The van der Waals surface area contributed by atoms with Crippen LogP contribution in [0.2, 0.25) is 0 Å². The summed E-state index contributed by atoms with van der Waals surface area (Å²) in [6.45, 7) is 2.03. The van der Waals surface area contributed by atoms with E-state index in [4.69, 9.17) is 9.47 Å². The lowest BCUT2D eigenvalue weighted by atomic mass is 10.1. The minimum absolute atomic E-state index is 0.0253. The van der Waals surface area contributed by atoms with E-state index in [0.717, 1.165) is 5.56 Å². The molecule has 8 heteroatoms. The molecule has 2 aliphatic heterocycles. The van der Waals surface area contributed by atoms with Crippen LogP contribution in [0.3, 0.4) is 0 Å². The summed E-state index contributed by atoms with van der Waals surface area (Å²) in [5.74, 6) is -0.211. The van der Waals surface area contributed by atoms with Crippen LogP contribution in [-0.4, -0.2) is 62.5 Å². The number of ether oxygens (including phenoxy) is 2. The zero-order valence-corrected chi connectivity index (χ0v) is 16.0. The van der Waals surface area contributed by atoms with E-state index < -0.39 is 22.4 Å². The SMILES string of the molecule is CCCN(C(=O)COC(=O)C1=Cc2ccccc2OC1)[C@@H]1CCS(=O)(=O)C1. The lowest BCUT2D eigenvalue weighted by Crippen LogP contribution is -2.43. The van der Waals surface area contributed by atoms with Gasteiger partial charge >= 0.3 is 5.97 Å². The first kappa shape index (κ1) is 19.4. The third-order valence-corrected chi connectivity index (χ3v) is 6.41. The zero-order valence-electron chi connectivity index (χ0n) is 15.2. The Morgan fingerprint density at radius 3 is 2.78 bits per heavy atom. The molecule has 1 atom stereocenters. The van der Waals surface area contributed by atoms with Gasteiger partial charge in [0.2, 0.25) is 0 Å². The van der Waals surface area contributed by atoms with Gasteiger partial charge in [0.05, 0.1) is 17.1 Å². The molecule has 2 aliphatic rings. The molecule has 0 spiro atoms. The Bertz CT molecular complexity index is 861. The van der Waals surface area contributed by atoms with E-state index in [1.807, 2.05) is 31.2 Å². The maximum Gasteiger partial charge on any atom is 0.338 e. The third-order valence-electron chi connectivity index (χ3n) is 4.65. The Morgan fingerprint density at radius 1 is 1.30 bits per heavy atom. The summed E-state index contributed by atoms with van der Waals surface area (Å²) in [5.41, 5.74) is 1.12. The molecule has 27 heavy (non-hydrogen) atoms. The van der Waals surface area contributed by atoms with E-state index in [0.29, 0.717) is 30.7 Å². The predicted molar refractivity (Wildman–Crippen MR) is 99.9 cm³/mol. The standard InChI is InChI=1S/C19H23NO6S/c1-2-8-20(16-7-9-27(23,24)13-16)18(21)12-26-19(22)15-10-14-5-3-4-6-17(14)25-11-15/h3-6,10,16H,2,7-9,11-13H2,1H3/t16-/m1/s1. The normalized spacial score (nSPS) is 20.2. The minimum atomic E-state index is -3.10. The molecule has 0 saturated carbocycles. The molecule has 1 amide bonds. The lowest BCUT2D eigenvalue weighted by Gasteiger charge is -2.27. The molecule has 0 N–H and O–H groups in total. The molecular weight excluding hydrogens is 370 g/mol. The van der Waals surface area contributed by atoms with Crippen LogP contribution < -0.4 is 4.74 Å². The molecule has 0 bridgehead atoms. The second-order valence-electron chi connectivity index (χ2n) is 6.72. The average Bonchev–Trinajstić information content (AvgIpc) is 3.02. The van der Waals surface area contributed by atoms with Gasteiger partial charge in [-0.25, -0.2) is 13.2 Å². The number of carbonyl (C=O) groups excluding carboxylic acids is 2. The number of sulfone groups is 1. The van der Waals surface area contributed by atoms with Gasteiger partial charge in [0.15, 0.2) is 16.4 Å². The minimum Gasteiger partial charge on any atom is -0.488 e. The van der Waals surface area contributed by atoms with Crippen molar-refractivity contribution >= 4 is 27.8 Å². The summed E-state index contributed by atoms with van der Waals surface area (Å²) < 4.78 is 34.1. The van der Waals surface area contributed by atoms with Gasteiger partial charge in [0, 0.05) is 18.2 Å². The van der Waals surface area contributed by atoms with Crippen molar-refractivity contribution in [3.05, 3.63) is 35.4 Å². The van der Waals surface area contributed by atoms with Gasteiger partial charge in [-0.3, -0.25) is 4.79 Å². The van der Waals surface area contributed by atoms with Gasteiger partial charge in [-0.2, -0.15) is 0 Å². The number of esters is 1. The van der Waals surface area contributed by atoms with Crippen LogP contribution in [0.5, 0.6) is 5.75 Å². The van der Waals surface area contributed by atoms with Crippen LogP contribution in [0.15, 0.2) is 29.8 Å². The van der Waals surface area contributed by atoms with Gasteiger partial charge in [-0.05, 0) is 25.0 Å². The van der Waals surface area contributed by atoms with Gasteiger partial charge in [-0.1, -0.05) is 25.1 Å². The van der Waals surface area contributed by atoms with Crippen molar-refractivity contribution in [2.45, 2.75) is 25.8 Å². The Kier molecular flexibility index (Phi) is 5.84. The third kappa shape index (κ3) is 4.68. The van der Waals surface area contributed by atoms with Crippen LogP contribution in [0.4, 0.5) is 0 Å². The molecule has 146 valence electrons. The van der Waals surface area contributed by atoms with Crippen molar-refractivity contribution in [3.63, 3.8) is 0 Å². The van der Waals surface area contributed by atoms with Gasteiger partial charge in [0.1, 0.15) is 12.4 Å². The molecule has 2 heterocycles. The summed E-state index contributed by atoms with van der Waals surface area (Å²) in [6, 6.07) is 6.99. The van der Waals surface area contributed by atoms with Crippen molar-refractivity contribution in [3.8, 4) is 5.75 Å². The van der Waals surface area contributed by atoms with Crippen molar-refractivity contribution < 1.29 is 27.5 Å². The Labute approximate surface area is 158 Å². The van der Waals surface area contributed by atoms with Crippen LogP contribution in [0, 0.1) is 0 Å². The van der Waals surface area contributed by atoms with Crippen LogP contribution in [-0.2, 0) is 24.2 Å². The van der Waals surface area contributed by atoms with Gasteiger partial charge in [-0.15, -0.1) is 0 Å². The van der Waals surface area contributed by atoms with Crippen LogP contribution in [0.1, 0.15) is 25.3 Å². The highest BCUT2D eigenvalue weighted by Crippen LogP contribution is 2.26. The van der Waals surface area contributed by atoms with E-state index in [9.17, 15) is 18.0 Å². The summed E-state index contributed by atoms with van der Waals surface area (Å²) in [6.07, 6.45) is 2.82. The van der Waals surface area contributed by atoms with Crippen LogP contribution in [0.25, 0.3) is 6.08 Å². The monoisotopic (exact) mass is 393 g/mol. The van der Waals surface area contributed by atoms with Gasteiger partial charge in [0.25, 0.3) is 5.91 Å². The number of nitrogens with zero attached hydrogens (tertiary/aromatic N) is 1. The summed E-state index contributed by atoms with van der Waals surface area (Å²) >= 11 is 0. The molecule has 0 aliphatic carbocycles. The first-order valence-electron chi connectivity index (χ1n) is 8.99. The number of rotatable bonds is 6. The van der Waals surface area contributed by atoms with Crippen molar-refractivity contribution in [2.24, 2.45) is 0 Å². The number of benzene rings is 1. The fourth-order valence-corrected chi connectivity index (χ4v) is 5.04. The molecule has 3 rings (SSSR count). The molecule has 0 radical (unpaired) electrons. The Morgan fingerprint density at radius 2 is 2.07 bits per heavy atom. The van der Waals surface area contributed by atoms with Gasteiger partial charge < -0.3 is 14.4 Å². The second kappa shape index (κ2) is 8.12.